The highest BCUT2D eigenvalue weighted by molar-refractivity contribution is 5.97. The molecule has 0 aliphatic heterocycles. The van der Waals surface area contributed by atoms with Crippen molar-refractivity contribution in [3.05, 3.63) is 88.5 Å². The number of esters is 2. The second-order valence-corrected chi connectivity index (χ2v) is 8.26. The lowest BCUT2D eigenvalue weighted by Gasteiger charge is -2.17. The largest absolute Gasteiger partial charge is 0.497 e. The minimum Gasteiger partial charge on any atom is -0.497 e. The van der Waals surface area contributed by atoms with Gasteiger partial charge in [-0.3, -0.25) is 0 Å². The molecule has 0 radical (unpaired) electrons. The van der Waals surface area contributed by atoms with Gasteiger partial charge in [0.15, 0.2) is 0 Å². The summed E-state index contributed by atoms with van der Waals surface area (Å²) in [5, 5.41) is 3.41. The van der Waals surface area contributed by atoms with Gasteiger partial charge >= 0.3 is 11.9 Å². The molecule has 8 nitrogen and oxygen atoms in total. The summed E-state index contributed by atoms with van der Waals surface area (Å²) in [7, 11) is 5.84. The fourth-order valence-corrected chi connectivity index (χ4v) is 3.89. The van der Waals surface area contributed by atoms with Crippen LogP contribution in [0.15, 0.2) is 60.7 Å². The van der Waals surface area contributed by atoms with Crippen LogP contribution in [0.4, 0.5) is 0 Å². The summed E-state index contributed by atoms with van der Waals surface area (Å²) in [5.74, 6) is 0.803. The first-order chi connectivity index (χ1) is 18.0. The van der Waals surface area contributed by atoms with E-state index in [4.69, 9.17) is 23.7 Å². The molecule has 3 aromatic rings. The van der Waals surface area contributed by atoms with E-state index in [0.717, 1.165) is 22.6 Å². The van der Waals surface area contributed by atoms with Crippen LogP contribution in [-0.4, -0.2) is 46.9 Å². The molecule has 0 spiro atoms. The monoisotopic (exact) mass is 507 g/mol. The topological polar surface area (TPSA) is 92.3 Å². The Kier molecular flexibility index (Phi) is 10.3. The number of carbonyl (C=O) groups is 2. The van der Waals surface area contributed by atoms with E-state index >= 15 is 0 Å². The van der Waals surface area contributed by atoms with E-state index in [2.05, 4.69) is 5.32 Å². The summed E-state index contributed by atoms with van der Waals surface area (Å²) >= 11 is 0. The third kappa shape index (κ3) is 7.72. The molecule has 0 aliphatic carbocycles. The fraction of sp³-hybridized carbons (Fsp3) is 0.310. The van der Waals surface area contributed by atoms with E-state index in [-0.39, 0.29) is 17.7 Å². The van der Waals surface area contributed by atoms with Crippen molar-refractivity contribution < 1.29 is 33.3 Å². The van der Waals surface area contributed by atoms with Gasteiger partial charge in [0.1, 0.15) is 23.9 Å². The van der Waals surface area contributed by atoms with Gasteiger partial charge in [0.05, 0.1) is 39.6 Å². The third-order valence-electron chi connectivity index (χ3n) is 5.79. The van der Waals surface area contributed by atoms with Gasteiger partial charge in [-0.15, -0.1) is 0 Å². The van der Waals surface area contributed by atoms with E-state index in [9.17, 15) is 9.59 Å². The molecule has 196 valence electrons. The predicted octanol–water partition coefficient (Wildman–Crippen LogP) is 4.58. The molecule has 0 fully saturated rings. The Balaban J connectivity index is 1.76. The maximum atomic E-state index is 12.6. The third-order valence-corrected chi connectivity index (χ3v) is 5.79. The van der Waals surface area contributed by atoms with Crippen molar-refractivity contribution in [1.82, 2.24) is 5.32 Å². The summed E-state index contributed by atoms with van der Waals surface area (Å²) in [5.41, 5.74) is 3.18. The van der Waals surface area contributed by atoms with E-state index < -0.39 is 11.9 Å². The summed E-state index contributed by atoms with van der Waals surface area (Å²) in [4.78, 5) is 24.9. The zero-order valence-corrected chi connectivity index (χ0v) is 21.7. The molecule has 3 aromatic carbocycles. The van der Waals surface area contributed by atoms with Crippen LogP contribution < -0.4 is 19.5 Å². The molecular formula is C29H33NO7. The number of methoxy groups -OCH3 is 4. The van der Waals surface area contributed by atoms with E-state index in [1.807, 2.05) is 48.5 Å². The van der Waals surface area contributed by atoms with Crippen LogP contribution in [0.25, 0.3) is 0 Å². The Bertz CT molecular complexity index is 1170. The molecule has 1 N–H and O–H groups in total. The van der Waals surface area contributed by atoms with Crippen molar-refractivity contribution in [3.8, 4) is 17.2 Å². The van der Waals surface area contributed by atoms with Gasteiger partial charge in [0, 0.05) is 18.2 Å². The second-order valence-electron chi connectivity index (χ2n) is 8.26. The molecule has 0 saturated heterocycles. The SMILES string of the molecule is COC(=O)c1cc(OCc2ccccc2)c(CCCNCc2cc(OC)cc(OC)c2)c(C(=O)OC)c1. The van der Waals surface area contributed by atoms with Crippen LogP contribution in [0.1, 0.15) is 43.8 Å². The molecule has 37 heavy (non-hydrogen) atoms. The van der Waals surface area contributed by atoms with Crippen LogP contribution in [0.5, 0.6) is 17.2 Å². The molecule has 0 bridgehead atoms. The van der Waals surface area contributed by atoms with Gasteiger partial charge in [0.25, 0.3) is 0 Å². The van der Waals surface area contributed by atoms with Gasteiger partial charge in [-0.1, -0.05) is 30.3 Å². The van der Waals surface area contributed by atoms with E-state index in [0.29, 0.717) is 37.2 Å². The Morgan fingerprint density at radius 3 is 2.08 bits per heavy atom. The first-order valence-corrected chi connectivity index (χ1v) is 11.9. The second kappa shape index (κ2) is 13.9. The predicted molar refractivity (Wildman–Crippen MR) is 139 cm³/mol. The number of benzene rings is 3. The minimum absolute atomic E-state index is 0.222. The zero-order valence-electron chi connectivity index (χ0n) is 21.7. The zero-order chi connectivity index (χ0) is 26.6. The number of carbonyl (C=O) groups excluding carboxylic acids is 2. The minimum atomic E-state index is -0.559. The summed E-state index contributed by atoms with van der Waals surface area (Å²) in [6.45, 7) is 1.59. The lowest BCUT2D eigenvalue weighted by atomic mass is 9.98. The van der Waals surface area contributed by atoms with Crippen molar-refractivity contribution in [2.75, 3.05) is 35.0 Å². The first kappa shape index (κ1) is 27.5. The lowest BCUT2D eigenvalue weighted by Crippen LogP contribution is -2.17. The normalized spacial score (nSPS) is 10.5. The van der Waals surface area contributed by atoms with Crippen molar-refractivity contribution in [3.63, 3.8) is 0 Å². The standard InChI is InChI=1S/C29H33NO7/c1-33-23-13-21(14-24(17-23)34-2)18-30-12-8-11-25-26(29(32)36-4)15-22(28(31)35-3)16-27(25)37-19-20-9-6-5-7-10-20/h5-7,9-10,13-17,30H,8,11-12,18-19H2,1-4H3. The molecule has 3 rings (SSSR count). The van der Waals surface area contributed by atoms with Crippen LogP contribution in [0.3, 0.4) is 0 Å². The van der Waals surface area contributed by atoms with Gasteiger partial charge < -0.3 is 29.0 Å². The number of ether oxygens (including phenoxy) is 5. The number of hydrogen-bond acceptors (Lipinski definition) is 8. The van der Waals surface area contributed by atoms with Crippen molar-refractivity contribution in [2.45, 2.75) is 26.0 Å². The number of hydrogen-bond donors (Lipinski definition) is 1. The smallest absolute Gasteiger partial charge is 0.338 e. The summed E-state index contributed by atoms with van der Waals surface area (Å²) in [6, 6.07) is 18.5. The van der Waals surface area contributed by atoms with Gasteiger partial charge in [-0.2, -0.15) is 0 Å². The highest BCUT2D eigenvalue weighted by Crippen LogP contribution is 2.29. The number of nitrogens with one attached hydrogen (secondary N) is 1. The molecule has 0 aliphatic rings. The molecule has 0 atom stereocenters. The lowest BCUT2D eigenvalue weighted by molar-refractivity contribution is 0.0597. The van der Waals surface area contributed by atoms with E-state index in [1.54, 1.807) is 20.3 Å². The molecular weight excluding hydrogens is 474 g/mol. The fourth-order valence-electron chi connectivity index (χ4n) is 3.89. The van der Waals surface area contributed by atoms with Crippen molar-refractivity contribution in [2.24, 2.45) is 0 Å². The maximum Gasteiger partial charge on any atom is 0.338 e. The molecule has 8 heteroatoms. The average Bonchev–Trinajstić information content (AvgIpc) is 2.95. The van der Waals surface area contributed by atoms with Crippen LogP contribution in [-0.2, 0) is 29.0 Å². The summed E-state index contributed by atoms with van der Waals surface area (Å²) < 4.78 is 26.7. The van der Waals surface area contributed by atoms with Crippen LogP contribution >= 0.6 is 0 Å². The Morgan fingerprint density at radius 1 is 0.784 bits per heavy atom. The Labute approximate surface area is 217 Å². The van der Waals surface area contributed by atoms with Gasteiger partial charge in [-0.05, 0) is 54.8 Å². The van der Waals surface area contributed by atoms with Crippen LogP contribution in [0.2, 0.25) is 0 Å². The Hall–Kier alpha value is -4.04. The van der Waals surface area contributed by atoms with E-state index in [1.165, 1.54) is 20.3 Å². The van der Waals surface area contributed by atoms with Crippen molar-refractivity contribution in [1.29, 1.82) is 0 Å². The van der Waals surface area contributed by atoms with Crippen molar-refractivity contribution >= 4 is 11.9 Å². The Morgan fingerprint density at radius 2 is 1.46 bits per heavy atom. The molecule has 0 aromatic heterocycles. The molecule has 0 heterocycles. The molecule has 0 saturated carbocycles. The van der Waals surface area contributed by atoms with Gasteiger partial charge in [-0.25, -0.2) is 9.59 Å². The molecule has 0 unspecified atom stereocenters. The quantitative estimate of drug-likeness (QED) is 0.266. The van der Waals surface area contributed by atoms with Gasteiger partial charge in [0.2, 0.25) is 0 Å². The maximum absolute atomic E-state index is 12.6. The summed E-state index contributed by atoms with van der Waals surface area (Å²) in [6.07, 6.45) is 1.24. The first-order valence-electron chi connectivity index (χ1n) is 11.9. The highest BCUT2D eigenvalue weighted by Gasteiger charge is 2.21. The van der Waals surface area contributed by atoms with Crippen LogP contribution in [0, 0.1) is 0 Å². The molecule has 0 amide bonds. The average molecular weight is 508 g/mol. The highest BCUT2D eigenvalue weighted by atomic mass is 16.5. The number of rotatable bonds is 13.